The van der Waals surface area contributed by atoms with E-state index in [9.17, 15) is 14.7 Å². The predicted molar refractivity (Wildman–Crippen MR) is 120 cm³/mol. The van der Waals surface area contributed by atoms with Crippen LogP contribution in [0.25, 0.3) is 0 Å². The molecule has 3 N–H and O–H groups in total. The topological polar surface area (TPSA) is 119 Å². The molecule has 10 heteroatoms. The summed E-state index contributed by atoms with van der Waals surface area (Å²) in [5.74, 6) is -0.395. The van der Waals surface area contributed by atoms with E-state index in [-0.39, 0.29) is 12.0 Å². The lowest BCUT2D eigenvalue weighted by Gasteiger charge is -2.48. The van der Waals surface area contributed by atoms with Crippen LogP contribution in [0.2, 0.25) is 0 Å². The highest BCUT2D eigenvalue weighted by Gasteiger charge is 2.69. The molecule has 7 unspecified atom stereocenters. The molecule has 1 saturated heterocycles. The Kier molecular flexibility index (Phi) is 9.22. The summed E-state index contributed by atoms with van der Waals surface area (Å²) in [6.07, 6.45) is 0.301. The van der Waals surface area contributed by atoms with Gasteiger partial charge >= 0.3 is 12.2 Å². The Morgan fingerprint density at radius 3 is 2.56 bits per heavy atom. The Bertz CT molecular complexity index is 702. The third-order valence-electron chi connectivity index (χ3n) is 6.53. The number of rotatable bonds is 9. The molecule has 32 heavy (non-hydrogen) atoms. The molecule has 1 saturated carbocycles. The molecule has 184 valence electrons. The summed E-state index contributed by atoms with van der Waals surface area (Å²) in [5, 5.41) is 16.6. The third-order valence-corrected chi connectivity index (χ3v) is 6.86. The number of halogens is 1. The van der Waals surface area contributed by atoms with Gasteiger partial charge in [-0.1, -0.05) is 18.6 Å². The van der Waals surface area contributed by atoms with E-state index in [1.165, 1.54) is 19.7 Å². The lowest BCUT2D eigenvalue weighted by molar-refractivity contribution is -0.178. The van der Waals surface area contributed by atoms with Gasteiger partial charge in [-0.15, -0.1) is 11.6 Å². The van der Waals surface area contributed by atoms with Crippen LogP contribution in [0.1, 0.15) is 53.4 Å². The Labute approximate surface area is 195 Å². The van der Waals surface area contributed by atoms with Gasteiger partial charge in [-0.05, 0) is 40.0 Å². The minimum absolute atomic E-state index is 0.112. The highest BCUT2D eigenvalue weighted by molar-refractivity contribution is 6.18. The Morgan fingerprint density at radius 1 is 1.34 bits per heavy atom. The van der Waals surface area contributed by atoms with E-state index >= 15 is 0 Å². The van der Waals surface area contributed by atoms with Crippen molar-refractivity contribution in [1.82, 2.24) is 10.6 Å². The molecule has 0 aromatic carbocycles. The van der Waals surface area contributed by atoms with E-state index in [2.05, 4.69) is 16.7 Å². The summed E-state index contributed by atoms with van der Waals surface area (Å²) in [7, 11) is 2.94. The first-order valence-corrected chi connectivity index (χ1v) is 11.6. The van der Waals surface area contributed by atoms with Gasteiger partial charge in [-0.3, -0.25) is 5.32 Å². The van der Waals surface area contributed by atoms with Crippen molar-refractivity contribution in [3.05, 3.63) is 11.6 Å². The lowest BCUT2D eigenvalue weighted by Crippen LogP contribution is -2.62. The second kappa shape index (κ2) is 11.0. The second-order valence-corrected chi connectivity index (χ2v) is 9.10. The van der Waals surface area contributed by atoms with Gasteiger partial charge < -0.3 is 29.4 Å². The van der Waals surface area contributed by atoms with Crippen molar-refractivity contribution in [3.8, 4) is 0 Å². The first-order chi connectivity index (χ1) is 15.1. The lowest BCUT2D eigenvalue weighted by atomic mass is 9.65. The Balaban J connectivity index is 2.08. The monoisotopic (exact) mass is 476 g/mol. The fourth-order valence-corrected chi connectivity index (χ4v) is 4.91. The van der Waals surface area contributed by atoms with Crippen molar-refractivity contribution in [2.24, 2.45) is 5.92 Å². The van der Waals surface area contributed by atoms with Crippen molar-refractivity contribution < 1.29 is 33.6 Å². The van der Waals surface area contributed by atoms with Gasteiger partial charge in [0.15, 0.2) is 6.23 Å². The molecule has 2 rings (SSSR count). The smallest absolute Gasteiger partial charge is 0.410 e. The van der Waals surface area contributed by atoms with E-state index in [1.807, 2.05) is 20.8 Å². The first kappa shape index (κ1) is 26.7. The van der Waals surface area contributed by atoms with E-state index in [4.69, 9.17) is 30.5 Å². The number of carbonyl (C=O) groups excluding carboxylic acids is 2. The van der Waals surface area contributed by atoms with Gasteiger partial charge in [0.1, 0.15) is 23.4 Å². The number of methoxy groups -OCH3 is 1. The van der Waals surface area contributed by atoms with Gasteiger partial charge in [0, 0.05) is 32.4 Å². The van der Waals surface area contributed by atoms with Crippen molar-refractivity contribution >= 4 is 23.8 Å². The molecule has 0 aromatic rings. The van der Waals surface area contributed by atoms with Gasteiger partial charge in [-0.25, -0.2) is 9.59 Å². The number of aliphatic hydroxyl groups is 1. The average molecular weight is 477 g/mol. The fourth-order valence-electron chi connectivity index (χ4n) is 4.48. The van der Waals surface area contributed by atoms with Crippen LogP contribution >= 0.6 is 11.6 Å². The first-order valence-electron chi connectivity index (χ1n) is 11.0. The average Bonchev–Trinajstić information content (AvgIpc) is 3.44. The van der Waals surface area contributed by atoms with Crippen molar-refractivity contribution in [1.29, 1.82) is 0 Å². The molecule has 7 atom stereocenters. The van der Waals surface area contributed by atoms with E-state index < -0.39 is 47.7 Å². The quantitative estimate of drug-likeness (QED) is 0.202. The number of hydrogen-bond donors (Lipinski definition) is 3. The van der Waals surface area contributed by atoms with Gasteiger partial charge in [0.25, 0.3) is 0 Å². The summed E-state index contributed by atoms with van der Waals surface area (Å²) in [6, 6.07) is 0. The molecular weight excluding hydrogens is 440 g/mol. The summed E-state index contributed by atoms with van der Waals surface area (Å²) >= 11 is 6.30. The van der Waals surface area contributed by atoms with Crippen LogP contribution in [0.5, 0.6) is 0 Å². The van der Waals surface area contributed by atoms with Gasteiger partial charge in [-0.2, -0.15) is 0 Å². The number of amides is 2. The van der Waals surface area contributed by atoms with Crippen LogP contribution in [-0.2, 0) is 18.9 Å². The number of alkyl carbamates (subject to hydrolysis) is 2. The van der Waals surface area contributed by atoms with Crippen LogP contribution in [0.3, 0.4) is 0 Å². The molecule has 0 bridgehead atoms. The number of epoxide rings is 1. The van der Waals surface area contributed by atoms with E-state index in [0.717, 1.165) is 0 Å². The number of allylic oxidation sites excluding steroid dienone is 1. The summed E-state index contributed by atoms with van der Waals surface area (Å²) in [4.78, 5) is 23.9. The highest BCUT2D eigenvalue weighted by atomic mass is 35.5. The Hall–Kier alpha value is -1.55. The minimum Gasteiger partial charge on any atom is -0.443 e. The maximum absolute atomic E-state index is 12.5. The number of carbonyl (C=O) groups is 2. The summed E-state index contributed by atoms with van der Waals surface area (Å²) in [5.41, 5.74) is -0.787. The molecule has 1 heterocycles. The highest BCUT2D eigenvalue weighted by Crippen LogP contribution is 2.55. The fraction of sp³-hybridized carbons (Fsp3) is 0.818. The Morgan fingerprint density at radius 2 is 2.03 bits per heavy atom. The van der Waals surface area contributed by atoms with Gasteiger partial charge in [0.05, 0.1) is 6.10 Å². The normalized spacial score (nSPS) is 34.8. The van der Waals surface area contributed by atoms with Crippen LogP contribution in [-0.4, -0.2) is 73.1 Å². The molecule has 2 fully saturated rings. The van der Waals surface area contributed by atoms with E-state index in [1.54, 1.807) is 6.92 Å². The molecule has 2 amide bonds. The minimum atomic E-state index is -1.22. The maximum atomic E-state index is 12.5. The summed E-state index contributed by atoms with van der Waals surface area (Å²) < 4.78 is 22.3. The van der Waals surface area contributed by atoms with Crippen LogP contribution in [0.4, 0.5) is 9.59 Å². The molecule has 9 nitrogen and oxygen atoms in total. The molecule has 1 aliphatic heterocycles. The van der Waals surface area contributed by atoms with Crippen molar-refractivity contribution in [2.45, 2.75) is 89.1 Å². The summed E-state index contributed by atoms with van der Waals surface area (Å²) in [6.45, 7) is 7.71. The molecular formula is C22H37ClN2O7. The maximum Gasteiger partial charge on any atom is 0.410 e. The van der Waals surface area contributed by atoms with Crippen LogP contribution < -0.4 is 10.6 Å². The molecule has 0 radical (unpaired) electrons. The third kappa shape index (κ3) is 5.68. The van der Waals surface area contributed by atoms with E-state index in [0.29, 0.717) is 25.7 Å². The number of alkyl halides is 1. The van der Waals surface area contributed by atoms with Gasteiger partial charge in [0.2, 0.25) is 0 Å². The zero-order chi connectivity index (χ0) is 24.1. The number of ether oxygens (including phenoxy) is 4. The van der Waals surface area contributed by atoms with Crippen LogP contribution in [0, 0.1) is 5.92 Å². The number of hydrogen-bond acceptors (Lipinski definition) is 7. The predicted octanol–water partition coefficient (Wildman–Crippen LogP) is 3.08. The molecule has 0 aromatic heterocycles. The van der Waals surface area contributed by atoms with Crippen LogP contribution in [0.15, 0.2) is 11.6 Å². The molecule has 1 aliphatic carbocycles. The van der Waals surface area contributed by atoms with Crippen molar-refractivity contribution in [2.75, 3.05) is 20.0 Å². The molecule has 0 spiro atoms. The van der Waals surface area contributed by atoms with Crippen molar-refractivity contribution in [3.63, 3.8) is 0 Å². The zero-order valence-electron chi connectivity index (χ0n) is 19.8. The largest absolute Gasteiger partial charge is 0.443 e. The second-order valence-electron chi connectivity index (χ2n) is 8.80. The zero-order valence-corrected chi connectivity index (χ0v) is 20.5. The standard InChI is InChI=1S/C22H37ClN2O7/c1-7-17(31-19(26)24-5)25-20(27)30-15-10-11-22(28,14(12-23)18(15)29-6)21(4)16(32-21)9-8-13(2)3/h8,14-18,28H,7,9-12H2,1-6H3,(H,24,26)(H,25,27). The number of nitrogens with one attached hydrogen (secondary N) is 2. The molecule has 2 aliphatic rings. The SMILES string of the molecule is CCC(NC(=O)OC1CCC(O)(C2(C)OC2CC=C(C)C)C(CCl)C1OC)OC(=O)NC.